The van der Waals surface area contributed by atoms with Crippen LogP contribution >= 0.6 is 0 Å². The highest BCUT2D eigenvalue weighted by atomic mass is 16.5. The number of ether oxygens (including phenoxy) is 2. The highest BCUT2D eigenvalue weighted by Crippen LogP contribution is 2.44. The Bertz CT molecular complexity index is 1350. The molecule has 3 aromatic rings. The van der Waals surface area contributed by atoms with E-state index in [-0.39, 0.29) is 25.7 Å². The maximum absolute atomic E-state index is 13.7. The molecular weight excluding hydrogens is 522 g/mol. The van der Waals surface area contributed by atoms with Gasteiger partial charge in [0.1, 0.15) is 18.7 Å². The Kier molecular flexibility index (Phi) is 8.66. The molecule has 1 unspecified atom stereocenters. The molecule has 5 rings (SSSR count). The van der Waals surface area contributed by atoms with Crippen molar-refractivity contribution in [2.75, 3.05) is 33.3 Å². The summed E-state index contributed by atoms with van der Waals surface area (Å²) < 4.78 is 11.7. The normalized spacial score (nSPS) is 18.2. The number of carbonyl (C=O) groups excluding carboxylic acids is 2. The van der Waals surface area contributed by atoms with E-state index >= 15 is 0 Å². The summed E-state index contributed by atoms with van der Waals surface area (Å²) in [6.07, 6.45) is -1.43. The van der Waals surface area contributed by atoms with Crippen molar-refractivity contribution in [3.8, 4) is 11.1 Å². The number of hydrogen-bond acceptors (Lipinski definition) is 6. The molecule has 1 aliphatic heterocycles. The third-order valence-corrected chi connectivity index (χ3v) is 7.95. The lowest BCUT2D eigenvalue weighted by Crippen LogP contribution is -2.61. The first-order valence-electron chi connectivity index (χ1n) is 13.8. The second-order valence-corrected chi connectivity index (χ2v) is 10.6. The predicted molar refractivity (Wildman–Crippen MR) is 153 cm³/mol. The van der Waals surface area contributed by atoms with Crippen LogP contribution in [0.1, 0.15) is 29.5 Å². The van der Waals surface area contributed by atoms with Gasteiger partial charge in [0.05, 0.1) is 12.7 Å². The molecule has 2 N–H and O–H groups in total. The summed E-state index contributed by atoms with van der Waals surface area (Å²) in [5, 5.41) is 12.4. The largest absolute Gasteiger partial charge is 0.480 e. The summed E-state index contributed by atoms with van der Waals surface area (Å²) in [7, 11) is 1.72. The molecule has 0 radical (unpaired) electrons. The number of piperazine rings is 1. The minimum absolute atomic E-state index is 0.0128. The summed E-state index contributed by atoms with van der Waals surface area (Å²) in [5.74, 6) is -1.53. The Morgan fingerprint density at radius 1 is 0.927 bits per heavy atom. The fraction of sp³-hybridized carbons (Fsp3) is 0.344. The van der Waals surface area contributed by atoms with E-state index in [9.17, 15) is 19.5 Å². The number of rotatable bonds is 9. The van der Waals surface area contributed by atoms with E-state index < -0.39 is 36.2 Å². The number of carbonyl (C=O) groups is 3. The van der Waals surface area contributed by atoms with E-state index in [1.807, 2.05) is 66.7 Å². The molecule has 1 aliphatic carbocycles. The van der Waals surface area contributed by atoms with E-state index in [1.54, 1.807) is 18.9 Å². The minimum Gasteiger partial charge on any atom is -0.480 e. The number of carboxylic acid groups (broad SMARTS) is 1. The average Bonchev–Trinajstić information content (AvgIpc) is 3.31. The maximum Gasteiger partial charge on any atom is 0.407 e. The van der Waals surface area contributed by atoms with E-state index in [0.717, 1.165) is 27.8 Å². The second-order valence-electron chi connectivity index (χ2n) is 10.6. The van der Waals surface area contributed by atoms with Crippen LogP contribution in [-0.2, 0) is 25.7 Å². The van der Waals surface area contributed by atoms with Gasteiger partial charge in [-0.1, -0.05) is 78.9 Å². The number of nitrogens with one attached hydrogen (secondary N) is 1. The highest BCUT2D eigenvalue weighted by molar-refractivity contribution is 5.87. The Labute approximate surface area is 239 Å². The zero-order valence-electron chi connectivity index (χ0n) is 23.2. The minimum atomic E-state index is -1.06. The third kappa shape index (κ3) is 6.26. The number of amides is 2. The van der Waals surface area contributed by atoms with Gasteiger partial charge in [-0.3, -0.25) is 14.5 Å². The summed E-state index contributed by atoms with van der Waals surface area (Å²) in [6.45, 7) is 2.83. The number of benzene rings is 3. The van der Waals surface area contributed by atoms with E-state index in [4.69, 9.17) is 9.47 Å². The summed E-state index contributed by atoms with van der Waals surface area (Å²) in [6, 6.07) is 23.8. The lowest BCUT2D eigenvalue weighted by Gasteiger charge is -2.39. The van der Waals surface area contributed by atoms with Gasteiger partial charge in [0, 0.05) is 25.6 Å². The van der Waals surface area contributed by atoms with Gasteiger partial charge in [0.15, 0.2) is 0 Å². The SMILES string of the molecule is C[C@H](OCc1ccccc1)[C@@H](NC(=O)OCC1c2ccccc2-c2ccccc21)C(=O)N1CCN(C)C(C(=O)O)C1. The zero-order chi connectivity index (χ0) is 28.9. The number of hydrogen-bond donors (Lipinski definition) is 2. The fourth-order valence-electron chi connectivity index (χ4n) is 5.58. The van der Waals surface area contributed by atoms with Crippen molar-refractivity contribution >= 4 is 18.0 Å². The summed E-state index contributed by atoms with van der Waals surface area (Å²) >= 11 is 0. The lowest BCUT2D eigenvalue weighted by molar-refractivity contribution is -0.149. The number of nitrogens with zero attached hydrogens (tertiary/aromatic N) is 2. The fourth-order valence-corrected chi connectivity index (χ4v) is 5.58. The Morgan fingerprint density at radius 3 is 2.17 bits per heavy atom. The zero-order valence-corrected chi connectivity index (χ0v) is 23.2. The van der Waals surface area contributed by atoms with Crippen LogP contribution < -0.4 is 5.32 Å². The van der Waals surface area contributed by atoms with Crippen molar-refractivity contribution in [1.82, 2.24) is 15.1 Å². The molecule has 9 nitrogen and oxygen atoms in total. The van der Waals surface area contributed by atoms with E-state index in [1.165, 1.54) is 4.90 Å². The molecule has 3 aromatic carbocycles. The van der Waals surface area contributed by atoms with Crippen LogP contribution in [-0.4, -0.2) is 84.4 Å². The van der Waals surface area contributed by atoms with Crippen LogP contribution in [0.15, 0.2) is 78.9 Å². The van der Waals surface area contributed by atoms with Gasteiger partial charge < -0.3 is 24.8 Å². The number of likely N-dealkylation sites (N-methyl/N-ethyl adjacent to an activating group) is 1. The molecule has 214 valence electrons. The number of alkyl carbamates (subject to hydrolysis) is 1. The molecule has 0 aromatic heterocycles. The molecule has 3 atom stereocenters. The lowest BCUT2D eigenvalue weighted by atomic mass is 9.98. The first-order valence-corrected chi connectivity index (χ1v) is 13.8. The third-order valence-electron chi connectivity index (χ3n) is 7.95. The first kappa shape index (κ1) is 28.3. The van der Waals surface area contributed by atoms with Crippen LogP contribution in [0.5, 0.6) is 0 Å². The van der Waals surface area contributed by atoms with Gasteiger partial charge in [-0.2, -0.15) is 0 Å². The van der Waals surface area contributed by atoms with Crippen molar-refractivity contribution in [2.45, 2.75) is 37.6 Å². The van der Waals surface area contributed by atoms with Crippen molar-refractivity contribution in [3.63, 3.8) is 0 Å². The molecule has 0 bridgehead atoms. The summed E-state index contributed by atoms with van der Waals surface area (Å²) in [4.78, 5) is 41.8. The molecule has 9 heteroatoms. The molecular formula is C32H35N3O6. The topological polar surface area (TPSA) is 108 Å². The summed E-state index contributed by atoms with van der Waals surface area (Å²) in [5.41, 5.74) is 5.35. The van der Waals surface area contributed by atoms with E-state index in [2.05, 4.69) is 17.4 Å². The molecule has 1 saturated heterocycles. The molecule has 41 heavy (non-hydrogen) atoms. The molecule has 2 amide bonds. The Hall–Kier alpha value is -4.21. The van der Waals surface area contributed by atoms with Crippen molar-refractivity contribution in [1.29, 1.82) is 0 Å². The number of carboxylic acids is 1. The first-order chi connectivity index (χ1) is 19.8. The van der Waals surface area contributed by atoms with Gasteiger partial charge in [0.2, 0.25) is 5.91 Å². The Balaban J connectivity index is 1.29. The quantitative estimate of drug-likeness (QED) is 0.413. The van der Waals surface area contributed by atoms with Gasteiger partial charge in [-0.25, -0.2) is 4.79 Å². The van der Waals surface area contributed by atoms with Crippen LogP contribution in [0.4, 0.5) is 4.79 Å². The van der Waals surface area contributed by atoms with Crippen molar-refractivity contribution in [3.05, 3.63) is 95.6 Å². The Morgan fingerprint density at radius 2 is 1.54 bits per heavy atom. The molecule has 2 aliphatic rings. The van der Waals surface area contributed by atoms with Gasteiger partial charge >= 0.3 is 12.1 Å². The second kappa shape index (κ2) is 12.5. The maximum atomic E-state index is 13.7. The number of fused-ring (bicyclic) bond motifs is 3. The number of aliphatic carboxylic acids is 1. The van der Waals surface area contributed by atoms with Gasteiger partial charge in [-0.15, -0.1) is 0 Å². The monoisotopic (exact) mass is 557 g/mol. The molecule has 0 saturated carbocycles. The predicted octanol–water partition coefficient (Wildman–Crippen LogP) is 3.73. The van der Waals surface area contributed by atoms with Crippen LogP contribution in [0, 0.1) is 0 Å². The standard InChI is InChI=1S/C32H35N3O6/c1-21(40-19-22-10-4-3-5-11-22)29(30(36)35-17-16-34(2)28(18-35)31(37)38)33-32(39)41-20-27-25-14-8-6-12-23(25)24-13-7-9-15-26(24)27/h3-15,21,27-29H,16-20H2,1-2H3,(H,33,39)(H,37,38)/t21-,28?,29+/m0/s1. The van der Waals surface area contributed by atoms with E-state index in [0.29, 0.717) is 13.1 Å². The van der Waals surface area contributed by atoms with Gasteiger partial charge in [-0.05, 0) is 41.8 Å². The van der Waals surface area contributed by atoms with Crippen LogP contribution in [0.25, 0.3) is 11.1 Å². The highest BCUT2D eigenvalue weighted by Gasteiger charge is 2.38. The van der Waals surface area contributed by atoms with Crippen LogP contribution in [0.3, 0.4) is 0 Å². The van der Waals surface area contributed by atoms with Crippen molar-refractivity contribution in [2.24, 2.45) is 0 Å². The van der Waals surface area contributed by atoms with Crippen LogP contribution in [0.2, 0.25) is 0 Å². The molecule has 1 heterocycles. The molecule has 0 spiro atoms. The van der Waals surface area contributed by atoms with Gasteiger partial charge in [0.25, 0.3) is 0 Å². The molecule has 1 fully saturated rings. The van der Waals surface area contributed by atoms with Crippen molar-refractivity contribution < 1.29 is 29.0 Å². The average molecular weight is 558 g/mol. The smallest absolute Gasteiger partial charge is 0.407 e.